The summed E-state index contributed by atoms with van der Waals surface area (Å²) in [7, 11) is 0. The molecule has 3 heterocycles. The summed E-state index contributed by atoms with van der Waals surface area (Å²) in [6.07, 6.45) is 6.26. The van der Waals surface area contributed by atoms with Crippen LogP contribution < -0.4 is 15.4 Å². The fraction of sp³-hybridized carbons (Fsp3) is 0.714. The summed E-state index contributed by atoms with van der Waals surface area (Å²) in [5.74, 6) is -0.687. The number of benzene rings is 1. The number of para-hydroxylation sites is 1. The van der Waals surface area contributed by atoms with Crippen LogP contribution in [-0.4, -0.2) is 99.6 Å². The van der Waals surface area contributed by atoms with E-state index >= 15 is 0 Å². The first kappa shape index (κ1) is 34.0. The second kappa shape index (κ2) is 14.2. The zero-order valence-electron chi connectivity index (χ0n) is 28.2. The molecule has 0 aromatic heterocycles. The van der Waals surface area contributed by atoms with Crippen molar-refractivity contribution in [3.05, 3.63) is 29.8 Å². The summed E-state index contributed by atoms with van der Waals surface area (Å²) in [5.41, 5.74) is 0.237. The van der Waals surface area contributed by atoms with Gasteiger partial charge in [0.25, 0.3) is 0 Å². The van der Waals surface area contributed by atoms with Crippen LogP contribution in [0.25, 0.3) is 0 Å². The number of hydrogen-bond acceptors (Lipinski definition) is 6. The molecule has 1 aromatic carbocycles. The van der Waals surface area contributed by atoms with Crippen molar-refractivity contribution in [2.24, 2.45) is 11.8 Å². The van der Waals surface area contributed by atoms with Gasteiger partial charge in [-0.15, -0.1) is 0 Å². The van der Waals surface area contributed by atoms with Gasteiger partial charge in [0.2, 0.25) is 17.7 Å². The fourth-order valence-corrected chi connectivity index (χ4v) is 8.07. The molecule has 4 aliphatic rings. The van der Waals surface area contributed by atoms with Gasteiger partial charge in [-0.25, -0.2) is 4.79 Å². The predicted octanol–water partition coefficient (Wildman–Crippen LogP) is 4.17. The summed E-state index contributed by atoms with van der Waals surface area (Å²) < 4.78 is 5.81. The van der Waals surface area contributed by atoms with E-state index in [-0.39, 0.29) is 35.7 Å². The van der Waals surface area contributed by atoms with Crippen molar-refractivity contribution in [3.63, 3.8) is 0 Å². The first-order chi connectivity index (χ1) is 21.9. The third kappa shape index (κ3) is 7.29. The van der Waals surface area contributed by atoms with Crippen molar-refractivity contribution >= 4 is 23.8 Å². The number of ether oxygens (including phenoxy) is 1. The Hall–Kier alpha value is -3.34. The topological polar surface area (TPSA) is 132 Å². The maximum absolute atomic E-state index is 14.7. The average molecular weight is 640 g/mol. The van der Waals surface area contributed by atoms with Gasteiger partial charge in [0.15, 0.2) is 0 Å². The van der Waals surface area contributed by atoms with Crippen molar-refractivity contribution in [1.29, 1.82) is 0 Å². The first-order valence-electron chi connectivity index (χ1n) is 17.3. The Morgan fingerprint density at radius 1 is 0.978 bits per heavy atom. The maximum atomic E-state index is 14.7. The predicted molar refractivity (Wildman–Crippen MR) is 174 cm³/mol. The van der Waals surface area contributed by atoms with E-state index < -0.39 is 35.7 Å². The molecule has 1 unspecified atom stereocenters. The van der Waals surface area contributed by atoms with Crippen LogP contribution >= 0.6 is 0 Å². The minimum absolute atomic E-state index is 0.0430. The summed E-state index contributed by atoms with van der Waals surface area (Å²) in [6, 6.07) is 5.66. The van der Waals surface area contributed by atoms with Gasteiger partial charge in [0.1, 0.15) is 17.8 Å². The van der Waals surface area contributed by atoms with Crippen molar-refractivity contribution < 1.29 is 29.0 Å². The molecule has 0 radical (unpaired) electrons. The summed E-state index contributed by atoms with van der Waals surface area (Å²) >= 11 is 0. The molecule has 0 spiro atoms. The molecule has 46 heavy (non-hydrogen) atoms. The first-order valence-corrected chi connectivity index (χ1v) is 17.3. The maximum Gasteiger partial charge on any atom is 0.407 e. The van der Waals surface area contributed by atoms with Gasteiger partial charge < -0.3 is 30.3 Å². The molecule has 254 valence electrons. The van der Waals surface area contributed by atoms with E-state index in [4.69, 9.17) is 4.74 Å². The van der Waals surface area contributed by atoms with Gasteiger partial charge >= 0.3 is 6.09 Å². The minimum Gasteiger partial charge on any atom is -0.493 e. The Labute approximate surface area is 273 Å². The van der Waals surface area contributed by atoms with Crippen molar-refractivity contribution in [2.45, 2.75) is 122 Å². The molecule has 1 aromatic rings. The molecule has 5 rings (SSSR count). The van der Waals surface area contributed by atoms with Crippen molar-refractivity contribution in [3.8, 4) is 5.75 Å². The highest BCUT2D eigenvalue weighted by atomic mass is 16.5. The van der Waals surface area contributed by atoms with Crippen molar-refractivity contribution in [2.75, 3.05) is 26.2 Å². The number of nitrogens with zero attached hydrogens (tertiary/aromatic N) is 3. The molecule has 11 heteroatoms. The largest absolute Gasteiger partial charge is 0.493 e. The van der Waals surface area contributed by atoms with Crippen LogP contribution in [-0.2, 0) is 14.4 Å². The van der Waals surface area contributed by atoms with Gasteiger partial charge in [-0.05, 0) is 71.9 Å². The van der Waals surface area contributed by atoms with E-state index in [9.17, 15) is 24.3 Å². The van der Waals surface area contributed by atoms with Crippen LogP contribution in [0.3, 0.4) is 0 Å². The minimum atomic E-state index is -1.09. The quantitative estimate of drug-likeness (QED) is 0.389. The SMILES string of the molecule is CC([C@H](C)C(=O)N[C@H](C(=O)N1C[C@H]2CCCN2C[C@H]1C(=O)N[C@@H]1CCOc2ccccc21)C1CCCCC1)N(C(=O)O)C(C)(C)C. The standard InChI is InChI=1S/C35H53N5O6/c1-22(23(2)40(34(44)45)35(3,4)5)31(41)37-30(24-12-7-6-8-13-24)33(43)39-20-25-14-11-18-38(25)21-28(39)32(42)36-27-17-19-46-29-16-10-9-15-26(27)29/h9-10,15-16,22-25,27-28,30H,6-8,11-14,17-21H2,1-5H3,(H,36,42)(H,37,41)(H,44,45)/t22-,23?,25+,27+,28-,30-/m0/s1. The number of hydrogen-bond donors (Lipinski definition) is 3. The fourth-order valence-electron chi connectivity index (χ4n) is 8.07. The van der Waals surface area contributed by atoms with Crippen LogP contribution in [0.1, 0.15) is 97.6 Å². The van der Waals surface area contributed by atoms with E-state index in [1.165, 1.54) is 4.90 Å². The molecule has 1 saturated carbocycles. The third-order valence-electron chi connectivity index (χ3n) is 10.7. The zero-order valence-corrected chi connectivity index (χ0v) is 28.2. The third-order valence-corrected chi connectivity index (χ3v) is 10.7. The lowest BCUT2D eigenvalue weighted by atomic mass is 9.82. The number of piperazine rings is 1. The lowest BCUT2D eigenvalue weighted by Gasteiger charge is -2.45. The number of fused-ring (bicyclic) bond motifs is 2. The second-order valence-corrected chi connectivity index (χ2v) is 14.8. The normalized spacial score (nSPS) is 25.7. The monoisotopic (exact) mass is 639 g/mol. The number of carboxylic acid groups (broad SMARTS) is 1. The lowest BCUT2D eigenvalue weighted by Crippen LogP contribution is -2.66. The van der Waals surface area contributed by atoms with Gasteiger partial charge in [-0.3, -0.25) is 19.3 Å². The van der Waals surface area contributed by atoms with Crippen LogP contribution in [0.15, 0.2) is 24.3 Å². The lowest BCUT2D eigenvalue weighted by molar-refractivity contribution is -0.150. The molecule has 4 amide bonds. The Morgan fingerprint density at radius 2 is 1.70 bits per heavy atom. The highest BCUT2D eigenvalue weighted by Crippen LogP contribution is 2.34. The number of amides is 4. The molecule has 2 saturated heterocycles. The summed E-state index contributed by atoms with van der Waals surface area (Å²) in [5, 5.41) is 16.3. The van der Waals surface area contributed by atoms with Gasteiger partial charge in [-0.1, -0.05) is 44.4 Å². The molecule has 3 aliphatic heterocycles. The van der Waals surface area contributed by atoms with Crippen LogP contribution in [0, 0.1) is 11.8 Å². The molecule has 6 atom stereocenters. The van der Waals surface area contributed by atoms with Crippen LogP contribution in [0.5, 0.6) is 5.75 Å². The molecule has 3 N–H and O–H groups in total. The Balaban J connectivity index is 1.39. The van der Waals surface area contributed by atoms with Gasteiger partial charge in [-0.2, -0.15) is 0 Å². The summed E-state index contributed by atoms with van der Waals surface area (Å²) in [6.45, 7) is 11.2. The highest BCUT2D eigenvalue weighted by Gasteiger charge is 2.46. The second-order valence-electron chi connectivity index (χ2n) is 14.8. The number of carbonyl (C=O) groups is 4. The molecule has 11 nitrogen and oxygen atoms in total. The Bertz CT molecular complexity index is 1280. The number of nitrogens with one attached hydrogen (secondary N) is 2. The van der Waals surface area contributed by atoms with Gasteiger partial charge in [0, 0.05) is 42.7 Å². The molecule has 3 fully saturated rings. The van der Waals surface area contributed by atoms with E-state index in [0.29, 0.717) is 26.1 Å². The van der Waals surface area contributed by atoms with Gasteiger partial charge in [0.05, 0.1) is 18.6 Å². The molecule has 0 bridgehead atoms. The zero-order chi connectivity index (χ0) is 33.2. The van der Waals surface area contributed by atoms with Crippen LogP contribution in [0.2, 0.25) is 0 Å². The smallest absolute Gasteiger partial charge is 0.407 e. The van der Waals surface area contributed by atoms with E-state index in [0.717, 1.165) is 62.8 Å². The molecule has 1 aliphatic carbocycles. The van der Waals surface area contributed by atoms with Crippen LogP contribution in [0.4, 0.5) is 4.79 Å². The number of rotatable bonds is 8. The summed E-state index contributed by atoms with van der Waals surface area (Å²) in [4.78, 5) is 60.2. The van der Waals surface area contributed by atoms with E-state index in [1.807, 2.05) is 45.0 Å². The van der Waals surface area contributed by atoms with Crippen molar-refractivity contribution in [1.82, 2.24) is 25.3 Å². The Morgan fingerprint density at radius 3 is 2.39 bits per heavy atom. The van der Waals surface area contributed by atoms with E-state index in [2.05, 4.69) is 15.5 Å². The highest BCUT2D eigenvalue weighted by molar-refractivity contribution is 5.93. The molecular weight excluding hydrogens is 586 g/mol. The Kier molecular flexibility index (Phi) is 10.5. The average Bonchev–Trinajstić information content (AvgIpc) is 3.49. The molecular formula is C35H53N5O6. The number of carbonyl (C=O) groups excluding carboxylic acids is 3. The van der Waals surface area contributed by atoms with E-state index in [1.54, 1.807) is 18.7 Å².